The van der Waals surface area contributed by atoms with Gasteiger partial charge in [-0.1, -0.05) is 80.1 Å². The van der Waals surface area contributed by atoms with Crippen molar-refractivity contribution in [2.24, 2.45) is 0 Å². The molecule has 0 aromatic rings. The minimum Gasteiger partial charge on any atom is -0.445 e. The third kappa shape index (κ3) is 12.3. The van der Waals surface area contributed by atoms with Crippen LogP contribution in [0, 0.1) is 0 Å². The highest BCUT2D eigenvalue weighted by atomic mass is 35.6. The zero-order valence-electron chi connectivity index (χ0n) is 20.2. The molecule has 35 heavy (non-hydrogen) atoms. The van der Waals surface area contributed by atoms with Gasteiger partial charge in [0.05, 0.1) is 6.61 Å². The van der Waals surface area contributed by atoms with Crippen LogP contribution in [0.1, 0.15) is 32.6 Å². The molecule has 14 heteroatoms. The van der Waals surface area contributed by atoms with Crippen LogP contribution >= 0.6 is 34.8 Å². The van der Waals surface area contributed by atoms with Crippen molar-refractivity contribution < 1.29 is 43.2 Å². The molecule has 0 bridgehead atoms. The van der Waals surface area contributed by atoms with E-state index in [1.54, 1.807) is 0 Å². The van der Waals surface area contributed by atoms with Crippen LogP contribution in [0.15, 0.2) is 12.7 Å². The predicted molar refractivity (Wildman–Crippen MR) is 134 cm³/mol. The summed E-state index contributed by atoms with van der Waals surface area (Å²) in [7, 11) is -2.37. The molecular formula is C21H36Cl3NO9Si. The van der Waals surface area contributed by atoms with E-state index < -0.39 is 68.2 Å². The van der Waals surface area contributed by atoms with Crippen molar-refractivity contribution in [3.63, 3.8) is 0 Å². The molecule has 1 fully saturated rings. The molecule has 0 saturated carbocycles. The summed E-state index contributed by atoms with van der Waals surface area (Å²) in [6.07, 6.45) is -1.89. The number of hydrogen-bond donors (Lipinski definition) is 3. The molecule has 10 nitrogen and oxygen atoms in total. The molecule has 3 N–H and O–H groups in total. The van der Waals surface area contributed by atoms with Gasteiger partial charge in [-0.15, -0.1) is 0 Å². The van der Waals surface area contributed by atoms with Gasteiger partial charge in [-0.3, -0.25) is 0 Å². The minimum absolute atomic E-state index is 0.136. The van der Waals surface area contributed by atoms with E-state index in [9.17, 15) is 19.8 Å². The number of nitrogens with one attached hydrogen (secondary N) is 1. The molecule has 204 valence electrons. The van der Waals surface area contributed by atoms with E-state index in [0.29, 0.717) is 0 Å². The summed E-state index contributed by atoms with van der Waals surface area (Å²) in [5.41, 5.74) is 0. The number of rotatable bonds is 13. The Labute approximate surface area is 222 Å². The third-order valence-corrected chi connectivity index (χ3v) is 7.88. The summed E-state index contributed by atoms with van der Waals surface area (Å²) in [4.78, 5) is 24.6. The second-order valence-electron chi connectivity index (χ2n) is 8.70. The monoisotopic (exact) mass is 579 g/mol. The number of aliphatic hydroxyl groups is 2. The van der Waals surface area contributed by atoms with Crippen LogP contribution in [0.2, 0.25) is 19.1 Å². The lowest BCUT2D eigenvalue weighted by Gasteiger charge is -2.45. The number of alkyl carbamates (subject to hydrolysis) is 1. The molecule has 5 atom stereocenters. The average Bonchev–Trinajstić information content (AvgIpc) is 2.77. The first kappa shape index (κ1) is 32.2. The van der Waals surface area contributed by atoms with Crippen molar-refractivity contribution in [1.29, 1.82) is 0 Å². The number of amides is 1. The van der Waals surface area contributed by atoms with Crippen LogP contribution in [-0.4, -0.2) is 85.0 Å². The number of carbonyl (C=O) groups excluding carboxylic acids is 2. The Morgan fingerprint density at radius 1 is 1.20 bits per heavy atom. The molecule has 0 aromatic heterocycles. The minimum atomic E-state index is -2.37. The fourth-order valence-corrected chi connectivity index (χ4v) is 5.62. The van der Waals surface area contributed by atoms with Gasteiger partial charge in [0.25, 0.3) is 0 Å². The van der Waals surface area contributed by atoms with Crippen LogP contribution in [0.25, 0.3) is 0 Å². The molecule has 0 spiro atoms. The van der Waals surface area contributed by atoms with Gasteiger partial charge in [0.15, 0.2) is 20.7 Å². The second kappa shape index (κ2) is 15.5. The van der Waals surface area contributed by atoms with Crippen LogP contribution in [0.3, 0.4) is 0 Å². The highest BCUT2D eigenvalue weighted by molar-refractivity contribution is 6.71. The van der Waals surface area contributed by atoms with Crippen molar-refractivity contribution in [3.8, 4) is 0 Å². The number of ether oxygens (including phenoxy) is 4. The summed E-state index contributed by atoms with van der Waals surface area (Å²) >= 11 is 16.9. The molecule has 0 aliphatic carbocycles. The predicted octanol–water partition coefficient (Wildman–Crippen LogP) is 4.04. The lowest BCUT2D eigenvalue weighted by Crippen LogP contribution is -2.67. The van der Waals surface area contributed by atoms with Gasteiger partial charge in [-0.05, 0) is 19.1 Å². The SMILES string of the molecule is C=CCOC(=O)O[C@H]1[C@H](O)[C@@H](CO)O[C@@H](O[Si](C)(C)CCCCCC)[C@@H]1NC(=O)OCC(Cl)(Cl)Cl. The molecule has 0 aromatic carbocycles. The normalized spacial score (nSPS) is 25.0. The number of halogens is 3. The topological polar surface area (TPSA) is 133 Å². The highest BCUT2D eigenvalue weighted by Crippen LogP contribution is 2.30. The van der Waals surface area contributed by atoms with Crippen LogP contribution < -0.4 is 5.32 Å². The smallest absolute Gasteiger partial charge is 0.445 e. The van der Waals surface area contributed by atoms with E-state index in [4.69, 9.17) is 58.2 Å². The first-order valence-corrected chi connectivity index (χ1v) is 15.6. The van der Waals surface area contributed by atoms with E-state index in [-0.39, 0.29) is 6.61 Å². The van der Waals surface area contributed by atoms with Gasteiger partial charge in [0.2, 0.25) is 3.79 Å². The quantitative estimate of drug-likeness (QED) is 0.0970. The Bertz CT molecular complexity index is 681. The summed E-state index contributed by atoms with van der Waals surface area (Å²) in [6.45, 7) is 8.24. The van der Waals surface area contributed by atoms with Crippen molar-refractivity contribution >= 4 is 55.4 Å². The van der Waals surface area contributed by atoms with E-state index in [2.05, 4.69) is 18.8 Å². The molecule has 1 heterocycles. The first-order valence-electron chi connectivity index (χ1n) is 11.4. The fraction of sp³-hybridized carbons (Fsp3) is 0.810. The zero-order chi connectivity index (χ0) is 26.6. The summed E-state index contributed by atoms with van der Waals surface area (Å²) in [5, 5.41) is 22.9. The van der Waals surface area contributed by atoms with Crippen LogP contribution in [0.4, 0.5) is 9.59 Å². The van der Waals surface area contributed by atoms with Gasteiger partial charge in [0, 0.05) is 0 Å². The Kier molecular flexibility index (Phi) is 14.2. The Balaban J connectivity index is 3.13. The number of carbonyl (C=O) groups is 2. The largest absolute Gasteiger partial charge is 0.509 e. The number of hydrogen-bond acceptors (Lipinski definition) is 9. The van der Waals surface area contributed by atoms with E-state index in [1.807, 2.05) is 13.1 Å². The zero-order valence-corrected chi connectivity index (χ0v) is 23.5. The summed E-state index contributed by atoms with van der Waals surface area (Å²) in [5.74, 6) is 0. The number of alkyl halides is 3. The van der Waals surface area contributed by atoms with Crippen LogP contribution in [-0.2, 0) is 23.4 Å². The molecule has 1 rings (SSSR count). The van der Waals surface area contributed by atoms with Crippen molar-refractivity contribution in [1.82, 2.24) is 5.32 Å². The van der Waals surface area contributed by atoms with Gasteiger partial charge in [-0.2, -0.15) is 0 Å². The fourth-order valence-electron chi connectivity index (χ4n) is 3.41. The summed E-state index contributed by atoms with van der Waals surface area (Å²) in [6, 6.07) is -0.425. The maximum absolute atomic E-state index is 12.4. The van der Waals surface area contributed by atoms with Gasteiger partial charge >= 0.3 is 12.2 Å². The second-order valence-corrected chi connectivity index (χ2v) is 15.5. The highest BCUT2D eigenvalue weighted by Gasteiger charge is 2.50. The Morgan fingerprint density at radius 3 is 2.46 bits per heavy atom. The molecule has 0 unspecified atom stereocenters. The van der Waals surface area contributed by atoms with E-state index >= 15 is 0 Å². The van der Waals surface area contributed by atoms with E-state index in [1.165, 1.54) is 6.08 Å². The Hall–Kier alpha value is -0.793. The third-order valence-electron chi connectivity index (χ3n) is 5.12. The van der Waals surface area contributed by atoms with Gasteiger partial charge < -0.3 is 38.9 Å². The molecular weight excluding hydrogens is 545 g/mol. The maximum Gasteiger partial charge on any atom is 0.509 e. The molecule has 0 radical (unpaired) electrons. The first-order chi connectivity index (χ1) is 16.3. The molecule has 1 aliphatic heterocycles. The van der Waals surface area contributed by atoms with E-state index in [0.717, 1.165) is 31.7 Å². The molecule has 1 aliphatic rings. The lowest BCUT2D eigenvalue weighted by molar-refractivity contribution is -0.248. The number of unbranched alkanes of at least 4 members (excludes halogenated alkanes) is 3. The standard InChI is InChI=1S/C21H36Cl3NO9Si/c1-5-7-8-9-11-35(3,4)34-18-15(25-19(28)31-13-21(22,23)24)17(16(27)14(12-26)32-18)33-20(29)30-10-6-2/h6,14-18,26-27H,2,5,7-13H2,1,3-4H3,(H,25,28)/t14-,15-,16-,17-,18+/m1/s1. The van der Waals surface area contributed by atoms with Crippen molar-refractivity contribution in [2.45, 2.75) is 86.2 Å². The lowest BCUT2D eigenvalue weighted by atomic mass is 9.97. The summed E-state index contributed by atoms with van der Waals surface area (Å²) < 4.78 is 25.3. The van der Waals surface area contributed by atoms with Gasteiger partial charge in [0.1, 0.15) is 31.5 Å². The molecule has 1 saturated heterocycles. The van der Waals surface area contributed by atoms with Gasteiger partial charge in [-0.25, -0.2) is 9.59 Å². The molecule has 1 amide bonds. The Morgan fingerprint density at radius 2 is 1.89 bits per heavy atom. The average molecular weight is 581 g/mol. The van der Waals surface area contributed by atoms with Crippen LogP contribution in [0.5, 0.6) is 0 Å². The number of aliphatic hydroxyl groups excluding tert-OH is 2. The maximum atomic E-state index is 12.4. The van der Waals surface area contributed by atoms with Crippen molar-refractivity contribution in [2.75, 3.05) is 19.8 Å². The van der Waals surface area contributed by atoms with Crippen molar-refractivity contribution in [3.05, 3.63) is 12.7 Å².